The highest BCUT2D eigenvalue weighted by Crippen LogP contribution is 2.14. The van der Waals surface area contributed by atoms with E-state index in [0.29, 0.717) is 0 Å². The number of hydrogen-bond donors (Lipinski definition) is 2. The summed E-state index contributed by atoms with van der Waals surface area (Å²) in [4.78, 5) is 0. The number of nitrogens with two attached hydrogens (primary N) is 2. The zero-order valence-corrected chi connectivity index (χ0v) is 26.9. The van der Waals surface area contributed by atoms with E-state index >= 15 is 0 Å². The lowest BCUT2D eigenvalue weighted by molar-refractivity contribution is 0.530. The van der Waals surface area contributed by atoms with Crippen molar-refractivity contribution in [2.24, 2.45) is 11.5 Å². The highest BCUT2D eigenvalue weighted by atomic mass is 14.5. The minimum absolute atomic E-state index is 0.862. The zero-order chi connectivity index (χ0) is 28.0. The van der Waals surface area contributed by atoms with Crippen LogP contribution in [0.1, 0.15) is 206 Å². The molecule has 2 heteroatoms. The van der Waals surface area contributed by atoms with Gasteiger partial charge in [0, 0.05) is 0 Å². The molecule has 0 fully saturated rings. The number of allylic oxidation sites excluding steroid dienone is 2. The first-order valence-corrected chi connectivity index (χ1v) is 17.9. The lowest BCUT2D eigenvalue weighted by atomic mass is 10.0. The number of unbranched alkanes of at least 4 members (excludes halogenated alkanes) is 27. The summed E-state index contributed by atoms with van der Waals surface area (Å²) in [6.45, 7) is 6.30. The molecule has 0 amide bonds. The topological polar surface area (TPSA) is 52.0 Å². The van der Waals surface area contributed by atoms with Crippen LogP contribution in [0.2, 0.25) is 0 Å². The summed E-state index contributed by atoms with van der Waals surface area (Å²) in [5.41, 5.74) is 11.0. The van der Waals surface area contributed by atoms with Gasteiger partial charge in [0.2, 0.25) is 0 Å². The van der Waals surface area contributed by atoms with Gasteiger partial charge in [-0.25, -0.2) is 0 Å². The Bertz CT molecular complexity index is 377. The van der Waals surface area contributed by atoms with Gasteiger partial charge in [-0.2, -0.15) is 0 Å². The third-order valence-corrected chi connectivity index (χ3v) is 7.77. The molecule has 0 aliphatic rings. The highest BCUT2D eigenvalue weighted by Gasteiger charge is 1.94. The van der Waals surface area contributed by atoms with Gasteiger partial charge in [0.1, 0.15) is 0 Å². The molecular weight excluding hydrogens is 460 g/mol. The first-order valence-electron chi connectivity index (χ1n) is 17.9. The van der Waals surface area contributed by atoms with E-state index in [9.17, 15) is 0 Å². The van der Waals surface area contributed by atoms with Crippen LogP contribution >= 0.6 is 0 Å². The van der Waals surface area contributed by atoms with Crippen molar-refractivity contribution in [1.82, 2.24) is 0 Å². The molecule has 0 aromatic heterocycles. The van der Waals surface area contributed by atoms with Crippen LogP contribution in [0.5, 0.6) is 0 Å². The summed E-state index contributed by atoms with van der Waals surface area (Å²) >= 11 is 0. The first kappa shape index (κ1) is 39.8. The standard InChI is InChI=1S/C18H39N.C18H37N/c2*1-2-3-4-5-6-7-8-9-10-11-12-13-14-15-16-17-18-19/h2-19H2,1H3;9-10H,2-8,11-19H2,1H3. The minimum Gasteiger partial charge on any atom is -0.330 e. The predicted molar refractivity (Wildman–Crippen MR) is 177 cm³/mol. The highest BCUT2D eigenvalue weighted by molar-refractivity contribution is 4.81. The maximum absolute atomic E-state index is 5.48. The van der Waals surface area contributed by atoms with Gasteiger partial charge >= 0.3 is 0 Å². The quantitative estimate of drug-likeness (QED) is 0.0683. The molecule has 0 bridgehead atoms. The fourth-order valence-corrected chi connectivity index (χ4v) is 5.08. The van der Waals surface area contributed by atoms with Gasteiger partial charge < -0.3 is 11.5 Å². The molecule has 0 spiro atoms. The van der Waals surface area contributed by atoms with Crippen LogP contribution < -0.4 is 11.5 Å². The van der Waals surface area contributed by atoms with Crippen molar-refractivity contribution in [3.63, 3.8) is 0 Å². The summed E-state index contributed by atoms with van der Waals surface area (Å²) in [6, 6.07) is 0. The molecule has 38 heavy (non-hydrogen) atoms. The molecule has 0 unspecified atom stereocenters. The Morgan fingerprint density at radius 2 is 0.500 bits per heavy atom. The average Bonchev–Trinajstić information content (AvgIpc) is 2.93. The average molecular weight is 537 g/mol. The Balaban J connectivity index is 0. The van der Waals surface area contributed by atoms with E-state index in [1.165, 1.54) is 193 Å². The number of rotatable bonds is 31. The lowest BCUT2D eigenvalue weighted by Gasteiger charge is -2.03. The molecule has 4 N–H and O–H groups in total. The van der Waals surface area contributed by atoms with Gasteiger partial charge in [0.05, 0.1) is 0 Å². The van der Waals surface area contributed by atoms with Crippen molar-refractivity contribution >= 4 is 0 Å². The molecule has 2 nitrogen and oxygen atoms in total. The molecule has 230 valence electrons. The van der Waals surface area contributed by atoms with Crippen LogP contribution in [0.4, 0.5) is 0 Å². The lowest BCUT2D eigenvalue weighted by Crippen LogP contribution is -1.97. The van der Waals surface area contributed by atoms with Gasteiger partial charge in [-0.3, -0.25) is 0 Å². The van der Waals surface area contributed by atoms with Gasteiger partial charge in [-0.15, -0.1) is 0 Å². The molecule has 0 radical (unpaired) electrons. The summed E-state index contributed by atoms with van der Waals surface area (Å²) in [6.07, 6.45) is 46.7. The van der Waals surface area contributed by atoms with E-state index in [2.05, 4.69) is 26.0 Å². The Kier molecular flexibility index (Phi) is 43.1. The summed E-state index contributed by atoms with van der Waals surface area (Å²) in [5.74, 6) is 0. The Morgan fingerprint density at radius 3 is 0.737 bits per heavy atom. The van der Waals surface area contributed by atoms with E-state index in [0.717, 1.165) is 13.1 Å². The van der Waals surface area contributed by atoms with Crippen molar-refractivity contribution in [2.75, 3.05) is 13.1 Å². The van der Waals surface area contributed by atoms with Crippen LogP contribution in [-0.2, 0) is 0 Å². The molecule has 0 saturated carbocycles. The van der Waals surface area contributed by atoms with Gasteiger partial charge in [-0.1, -0.05) is 180 Å². The van der Waals surface area contributed by atoms with Crippen molar-refractivity contribution < 1.29 is 0 Å². The van der Waals surface area contributed by atoms with Crippen molar-refractivity contribution in [3.05, 3.63) is 12.2 Å². The normalized spacial score (nSPS) is 11.3. The molecule has 0 atom stereocenters. The Hall–Kier alpha value is -0.340. The minimum atomic E-state index is 0.862. The fraction of sp³-hybridized carbons (Fsp3) is 0.944. The van der Waals surface area contributed by atoms with Crippen LogP contribution in [0.15, 0.2) is 12.2 Å². The predicted octanol–water partition coefficient (Wildman–Crippen LogP) is 12.2. The maximum Gasteiger partial charge on any atom is -0.00773 e. The molecule has 0 heterocycles. The van der Waals surface area contributed by atoms with Crippen LogP contribution in [0.3, 0.4) is 0 Å². The number of hydrogen-bond acceptors (Lipinski definition) is 2. The van der Waals surface area contributed by atoms with E-state index in [4.69, 9.17) is 11.5 Å². The summed E-state index contributed by atoms with van der Waals surface area (Å²) in [5, 5.41) is 0. The van der Waals surface area contributed by atoms with Crippen molar-refractivity contribution in [3.8, 4) is 0 Å². The van der Waals surface area contributed by atoms with E-state index in [1.54, 1.807) is 0 Å². The van der Waals surface area contributed by atoms with Crippen LogP contribution in [0.25, 0.3) is 0 Å². The third kappa shape index (κ3) is 42.7. The maximum atomic E-state index is 5.48. The third-order valence-electron chi connectivity index (χ3n) is 7.77. The second kappa shape index (κ2) is 41.1. The monoisotopic (exact) mass is 537 g/mol. The fourth-order valence-electron chi connectivity index (χ4n) is 5.08. The Labute approximate surface area is 243 Å². The second-order valence-corrected chi connectivity index (χ2v) is 11.8. The summed E-state index contributed by atoms with van der Waals surface area (Å²) < 4.78 is 0. The van der Waals surface area contributed by atoms with Crippen LogP contribution in [-0.4, -0.2) is 13.1 Å². The Morgan fingerprint density at radius 1 is 0.289 bits per heavy atom. The van der Waals surface area contributed by atoms with E-state index in [-0.39, 0.29) is 0 Å². The first-order chi connectivity index (χ1) is 18.8. The molecular formula is C36H76N2. The van der Waals surface area contributed by atoms with Gasteiger partial charge in [0.25, 0.3) is 0 Å². The van der Waals surface area contributed by atoms with Crippen molar-refractivity contribution in [2.45, 2.75) is 206 Å². The van der Waals surface area contributed by atoms with Gasteiger partial charge in [-0.05, 0) is 51.6 Å². The molecule has 0 aromatic rings. The molecule has 0 rings (SSSR count). The van der Waals surface area contributed by atoms with E-state index < -0.39 is 0 Å². The largest absolute Gasteiger partial charge is 0.330 e. The summed E-state index contributed by atoms with van der Waals surface area (Å²) in [7, 11) is 0. The smallest absolute Gasteiger partial charge is 0.00773 e. The van der Waals surface area contributed by atoms with Crippen molar-refractivity contribution in [1.29, 1.82) is 0 Å². The SMILES string of the molecule is CCCCCCCCC=CCCCCCCCCN.CCCCCCCCCCCCCCCCCCN. The van der Waals surface area contributed by atoms with Gasteiger partial charge in [0.15, 0.2) is 0 Å². The molecule has 0 aliphatic heterocycles. The zero-order valence-electron chi connectivity index (χ0n) is 26.9. The van der Waals surface area contributed by atoms with Crippen LogP contribution in [0, 0.1) is 0 Å². The van der Waals surface area contributed by atoms with E-state index in [1.807, 2.05) is 0 Å². The molecule has 0 aliphatic carbocycles. The second-order valence-electron chi connectivity index (χ2n) is 11.8. The molecule has 0 saturated heterocycles. The molecule has 0 aromatic carbocycles.